The van der Waals surface area contributed by atoms with E-state index in [1.807, 2.05) is 44.2 Å². The van der Waals surface area contributed by atoms with Gasteiger partial charge in [0.15, 0.2) is 5.78 Å². The van der Waals surface area contributed by atoms with E-state index in [0.717, 1.165) is 21.1 Å². The van der Waals surface area contributed by atoms with E-state index >= 15 is 0 Å². The van der Waals surface area contributed by atoms with E-state index in [4.69, 9.17) is 5.73 Å². The molecule has 2 rings (SSSR count). The lowest BCUT2D eigenvalue weighted by Crippen LogP contribution is -2.42. The highest BCUT2D eigenvalue weighted by molar-refractivity contribution is 7.11. The van der Waals surface area contributed by atoms with Crippen LogP contribution in [0.15, 0.2) is 30.3 Å². The van der Waals surface area contributed by atoms with Crippen molar-refractivity contribution in [1.82, 2.24) is 4.98 Å². The summed E-state index contributed by atoms with van der Waals surface area (Å²) in [6.45, 7) is 5.73. The number of carbonyl (C=O) groups excluding carboxylic acids is 1. The van der Waals surface area contributed by atoms with Crippen molar-refractivity contribution in [2.45, 2.75) is 32.7 Å². The molecule has 100 valence electrons. The molecule has 1 heterocycles. The van der Waals surface area contributed by atoms with Crippen LogP contribution in [0, 0.1) is 13.8 Å². The van der Waals surface area contributed by atoms with Crippen molar-refractivity contribution in [3.05, 3.63) is 51.5 Å². The fourth-order valence-electron chi connectivity index (χ4n) is 1.88. The minimum atomic E-state index is -0.964. The molecule has 1 unspecified atom stereocenters. The van der Waals surface area contributed by atoms with Gasteiger partial charge in [-0.1, -0.05) is 30.3 Å². The van der Waals surface area contributed by atoms with Gasteiger partial charge in [-0.25, -0.2) is 4.98 Å². The lowest BCUT2D eigenvalue weighted by molar-refractivity contribution is -0.123. The average molecular weight is 274 g/mol. The molecule has 0 aliphatic rings. The Kier molecular flexibility index (Phi) is 3.83. The van der Waals surface area contributed by atoms with Gasteiger partial charge < -0.3 is 5.73 Å². The second-order valence-corrected chi connectivity index (χ2v) is 6.21. The Hall–Kier alpha value is -1.52. The molecule has 0 saturated heterocycles. The third-order valence-corrected chi connectivity index (χ3v) is 4.41. The normalized spacial score (nSPS) is 14.1. The van der Waals surface area contributed by atoms with Crippen LogP contribution < -0.4 is 5.73 Å². The molecule has 0 aliphatic heterocycles. The zero-order chi connectivity index (χ0) is 14.0. The third-order valence-electron chi connectivity index (χ3n) is 3.34. The zero-order valence-electron chi connectivity index (χ0n) is 11.4. The van der Waals surface area contributed by atoms with Gasteiger partial charge in [-0.15, -0.1) is 11.3 Å². The summed E-state index contributed by atoms with van der Waals surface area (Å²) in [5.74, 6) is -0.00699. The van der Waals surface area contributed by atoms with Crippen LogP contribution in [0.4, 0.5) is 0 Å². The minimum Gasteiger partial charge on any atom is -0.315 e. The predicted octanol–water partition coefficient (Wildman–Crippen LogP) is 2.75. The van der Waals surface area contributed by atoms with Crippen LogP contribution >= 0.6 is 11.3 Å². The summed E-state index contributed by atoms with van der Waals surface area (Å²) in [5.41, 5.74) is 7.07. The van der Waals surface area contributed by atoms with Crippen molar-refractivity contribution in [2.24, 2.45) is 5.73 Å². The van der Waals surface area contributed by atoms with Crippen LogP contribution in [0.25, 0.3) is 0 Å². The molecule has 1 aromatic carbocycles. The van der Waals surface area contributed by atoms with E-state index < -0.39 is 5.54 Å². The number of thiazole rings is 1. The molecule has 3 nitrogen and oxygen atoms in total. The van der Waals surface area contributed by atoms with E-state index in [9.17, 15) is 4.79 Å². The first-order chi connectivity index (χ1) is 8.91. The summed E-state index contributed by atoms with van der Waals surface area (Å²) >= 11 is 1.57. The summed E-state index contributed by atoms with van der Waals surface area (Å²) in [6, 6.07) is 9.47. The van der Waals surface area contributed by atoms with Gasteiger partial charge in [0.25, 0.3) is 0 Å². The number of nitrogens with two attached hydrogens (primary N) is 1. The zero-order valence-corrected chi connectivity index (χ0v) is 12.3. The summed E-state index contributed by atoms with van der Waals surface area (Å²) in [6.07, 6.45) is 0.293. The van der Waals surface area contributed by atoms with Crippen molar-refractivity contribution in [3.8, 4) is 0 Å². The van der Waals surface area contributed by atoms with Gasteiger partial charge in [0, 0.05) is 4.88 Å². The molecule has 1 atom stereocenters. The number of hydrogen-bond acceptors (Lipinski definition) is 4. The molecule has 1 aromatic heterocycles. The maximum atomic E-state index is 12.4. The van der Waals surface area contributed by atoms with Crippen molar-refractivity contribution in [1.29, 1.82) is 0 Å². The van der Waals surface area contributed by atoms with Crippen molar-refractivity contribution in [2.75, 3.05) is 0 Å². The van der Waals surface area contributed by atoms with Crippen LogP contribution in [-0.4, -0.2) is 10.8 Å². The van der Waals surface area contributed by atoms with Crippen LogP contribution in [0.5, 0.6) is 0 Å². The number of carbonyl (C=O) groups is 1. The minimum absolute atomic E-state index is 0.00699. The molecule has 4 heteroatoms. The predicted molar refractivity (Wildman–Crippen MR) is 78.3 cm³/mol. The molecule has 2 aromatic rings. The molecule has 0 saturated carbocycles. The van der Waals surface area contributed by atoms with Gasteiger partial charge in [0.1, 0.15) is 5.01 Å². The van der Waals surface area contributed by atoms with E-state index in [2.05, 4.69) is 4.98 Å². The highest BCUT2D eigenvalue weighted by Crippen LogP contribution is 2.23. The van der Waals surface area contributed by atoms with E-state index in [1.165, 1.54) is 0 Å². The number of benzene rings is 1. The quantitative estimate of drug-likeness (QED) is 0.932. The van der Waals surface area contributed by atoms with Crippen molar-refractivity contribution < 1.29 is 4.79 Å². The molecule has 0 fully saturated rings. The number of aromatic nitrogens is 1. The maximum Gasteiger partial charge on any atom is 0.163 e. The highest BCUT2D eigenvalue weighted by atomic mass is 32.1. The monoisotopic (exact) mass is 274 g/mol. The first kappa shape index (κ1) is 13.9. The molecule has 0 spiro atoms. The number of aryl methyl sites for hydroxylation is 2. The second-order valence-electron chi connectivity index (χ2n) is 4.92. The van der Waals surface area contributed by atoms with Crippen LogP contribution in [-0.2, 0) is 16.8 Å². The van der Waals surface area contributed by atoms with Crippen molar-refractivity contribution in [3.63, 3.8) is 0 Å². The smallest absolute Gasteiger partial charge is 0.163 e. The van der Waals surface area contributed by atoms with E-state index in [-0.39, 0.29) is 5.78 Å². The Bertz CT molecular complexity index is 568. The molecular formula is C15H18N2OS. The van der Waals surface area contributed by atoms with Gasteiger partial charge in [-0.2, -0.15) is 0 Å². The summed E-state index contributed by atoms with van der Waals surface area (Å²) in [5, 5.41) is 0.840. The van der Waals surface area contributed by atoms with Gasteiger partial charge in [-0.3, -0.25) is 4.79 Å². The maximum absolute atomic E-state index is 12.4. The fraction of sp³-hybridized carbons (Fsp3) is 0.333. The topological polar surface area (TPSA) is 56.0 Å². The number of rotatable bonds is 4. The first-order valence-corrected chi connectivity index (χ1v) is 7.03. The van der Waals surface area contributed by atoms with E-state index in [0.29, 0.717) is 6.42 Å². The molecule has 0 bridgehead atoms. The molecule has 0 amide bonds. The molecule has 0 aliphatic carbocycles. The number of Topliss-reactive ketones (excluding diaryl/α,β-unsaturated/α-hetero) is 1. The largest absolute Gasteiger partial charge is 0.315 e. The average Bonchev–Trinajstić information content (AvgIpc) is 2.69. The Morgan fingerprint density at radius 2 is 1.95 bits per heavy atom. The van der Waals surface area contributed by atoms with E-state index in [1.54, 1.807) is 18.3 Å². The standard InChI is InChI=1S/C15H18N2OS/c1-10-11(2)19-14(17-10)9-13(18)15(3,16)12-7-5-4-6-8-12/h4-8H,9,16H2,1-3H3. The van der Waals surface area contributed by atoms with Gasteiger partial charge >= 0.3 is 0 Å². The van der Waals surface area contributed by atoms with Gasteiger partial charge in [0.05, 0.1) is 17.7 Å². The van der Waals surface area contributed by atoms with Crippen LogP contribution in [0.3, 0.4) is 0 Å². The lowest BCUT2D eigenvalue weighted by Gasteiger charge is -2.23. The second kappa shape index (κ2) is 5.23. The SMILES string of the molecule is Cc1nc(CC(=O)C(C)(N)c2ccccc2)sc1C. The molecule has 0 radical (unpaired) electrons. The number of hydrogen-bond donors (Lipinski definition) is 1. The molecule has 19 heavy (non-hydrogen) atoms. The van der Waals surface area contributed by atoms with Crippen LogP contribution in [0.2, 0.25) is 0 Å². The van der Waals surface area contributed by atoms with Crippen molar-refractivity contribution >= 4 is 17.1 Å². The van der Waals surface area contributed by atoms with Crippen LogP contribution in [0.1, 0.15) is 28.1 Å². The number of nitrogens with zero attached hydrogens (tertiary/aromatic N) is 1. The Morgan fingerprint density at radius 1 is 1.32 bits per heavy atom. The number of ketones is 1. The lowest BCUT2D eigenvalue weighted by atomic mass is 9.87. The summed E-state index contributed by atoms with van der Waals surface area (Å²) in [7, 11) is 0. The summed E-state index contributed by atoms with van der Waals surface area (Å²) in [4.78, 5) is 18.0. The van der Waals surface area contributed by atoms with Gasteiger partial charge in [-0.05, 0) is 26.3 Å². The highest BCUT2D eigenvalue weighted by Gasteiger charge is 2.30. The fourth-order valence-corrected chi connectivity index (χ4v) is 2.81. The first-order valence-electron chi connectivity index (χ1n) is 6.22. The molecular weight excluding hydrogens is 256 g/mol. The Morgan fingerprint density at radius 3 is 2.47 bits per heavy atom. The molecule has 2 N–H and O–H groups in total. The summed E-state index contributed by atoms with van der Waals surface area (Å²) < 4.78 is 0. The Labute approximate surface area is 117 Å². The van der Waals surface area contributed by atoms with Gasteiger partial charge in [0.2, 0.25) is 0 Å². The Balaban J connectivity index is 2.19. The third kappa shape index (κ3) is 2.91.